The molecule has 1 aliphatic rings. The molecule has 0 saturated carbocycles. The van der Waals surface area contributed by atoms with E-state index in [1.54, 1.807) is 0 Å². The van der Waals surface area contributed by atoms with Crippen LogP contribution in [0.2, 0.25) is 0 Å². The number of nitrogens with one attached hydrogen (secondary N) is 1. The van der Waals surface area contributed by atoms with E-state index in [2.05, 4.69) is 46.1 Å². The Balaban J connectivity index is 1.98. The van der Waals surface area contributed by atoms with Crippen LogP contribution in [0.4, 0.5) is 0 Å². The number of aromatic nitrogens is 1. The van der Waals surface area contributed by atoms with Gasteiger partial charge in [-0.15, -0.1) is 0 Å². The number of fused-ring (bicyclic) bond motifs is 1. The van der Waals surface area contributed by atoms with E-state index < -0.39 is 0 Å². The van der Waals surface area contributed by atoms with Gasteiger partial charge in [0.15, 0.2) is 0 Å². The van der Waals surface area contributed by atoms with E-state index in [1.807, 2.05) is 0 Å². The predicted molar refractivity (Wildman–Crippen MR) is 83.7 cm³/mol. The fraction of sp³-hybridized carbons (Fsp3) is 0.500. The summed E-state index contributed by atoms with van der Waals surface area (Å²) < 4.78 is 2.34. The molecular formula is C16H24N4. The zero-order valence-corrected chi connectivity index (χ0v) is 12.2. The van der Waals surface area contributed by atoms with Gasteiger partial charge in [0.1, 0.15) is 0 Å². The molecule has 1 aromatic heterocycles. The van der Waals surface area contributed by atoms with Gasteiger partial charge in [0.05, 0.1) is 5.52 Å². The van der Waals surface area contributed by atoms with Crippen LogP contribution in [0, 0.1) is 0 Å². The van der Waals surface area contributed by atoms with Crippen molar-refractivity contribution in [2.75, 3.05) is 26.2 Å². The Morgan fingerprint density at radius 3 is 2.70 bits per heavy atom. The second-order valence-corrected chi connectivity index (χ2v) is 5.48. The van der Waals surface area contributed by atoms with Crippen molar-refractivity contribution in [1.29, 1.82) is 0 Å². The number of benzene rings is 1. The van der Waals surface area contributed by atoms with Gasteiger partial charge < -0.3 is 15.6 Å². The molecule has 0 bridgehead atoms. The third-order valence-corrected chi connectivity index (χ3v) is 4.23. The van der Waals surface area contributed by atoms with Crippen LogP contribution in [-0.4, -0.2) is 35.6 Å². The second-order valence-electron chi connectivity index (χ2n) is 5.48. The number of hydrogen-bond donors (Lipinski definition) is 2. The van der Waals surface area contributed by atoms with Crippen LogP contribution in [-0.2, 0) is 19.6 Å². The van der Waals surface area contributed by atoms with Crippen molar-refractivity contribution in [1.82, 2.24) is 14.8 Å². The van der Waals surface area contributed by atoms with E-state index in [0.717, 1.165) is 39.3 Å². The molecule has 1 aliphatic heterocycles. The average molecular weight is 272 g/mol. The van der Waals surface area contributed by atoms with E-state index in [1.165, 1.54) is 22.0 Å². The van der Waals surface area contributed by atoms with Gasteiger partial charge in [0.2, 0.25) is 0 Å². The lowest BCUT2D eigenvalue weighted by Gasteiger charge is -2.26. The summed E-state index contributed by atoms with van der Waals surface area (Å²) in [7, 11) is 0. The maximum Gasteiger partial charge on any atom is 0.0529 e. The number of nitrogens with zero attached hydrogens (tertiary/aromatic N) is 2. The Kier molecular flexibility index (Phi) is 4.05. The average Bonchev–Trinajstić information content (AvgIpc) is 2.86. The highest BCUT2D eigenvalue weighted by molar-refractivity contribution is 5.86. The molecule has 2 aromatic rings. The summed E-state index contributed by atoms with van der Waals surface area (Å²) in [5.74, 6) is 0. The van der Waals surface area contributed by atoms with Crippen LogP contribution in [0.5, 0.6) is 0 Å². The maximum atomic E-state index is 5.90. The zero-order valence-electron chi connectivity index (χ0n) is 12.2. The quantitative estimate of drug-likeness (QED) is 0.887. The Labute approximate surface area is 120 Å². The van der Waals surface area contributed by atoms with Crippen molar-refractivity contribution in [2.45, 2.75) is 26.6 Å². The molecule has 0 amide bonds. The van der Waals surface area contributed by atoms with E-state index in [9.17, 15) is 0 Å². The molecule has 0 aliphatic carbocycles. The summed E-state index contributed by atoms with van der Waals surface area (Å²) in [5.41, 5.74) is 9.90. The second kappa shape index (κ2) is 5.95. The molecule has 2 heterocycles. The lowest BCUT2D eigenvalue weighted by molar-refractivity contribution is 0.234. The molecule has 0 unspecified atom stereocenters. The van der Waals surface area contributed by atoms with E-state index in [4.69, 9.17) is 5.73 Å². The molecule has 0 atom stereocenters. The van der Waals surface area contributed by atoms with Crippen LogP contribution in [0.15, 0.2) is 24.4 Å². The Morgan fingerprint density at radius 1 is 1.20 bits per heavy atom. The third-order valence-electron chi connectivity index (χ3n) is 4.23. The maximum absolute atomic E-state index is 5.90. The van der Waals surface area contributed by atoms with Crippen molar-refractivity contribution in [3.05, 3.63) is 35.5 Å². The number of piperazine rings is 1. The van der Waals surface area contributed by atoms with Gasteiger partial charge in [-0.2, -0.15) is 0 Å². The standard InChI is InChI=1S/C16H24N4/c1-2-20-12-14(11-19-8-6-18-7-9-19)15-5-3-4-13(10-17)16(15)20/h3-5,12,18H,2,6-11,17H2,1H3. The zero-order chi connectivity index (χ0) is 13.9. The first-order chi connectivity index (χ1) is 9.83. The van der Waals surface area contributed by atoms with Crippen molar-refractivity contribution < 1.29 is 0 Å². The van der Waals surface area contributed by atoms with E-state index in [-0.39, 0.29) is 0 Å². The smallest absolute Gasteiger partial charge is 0.0529 e. The van der Waals surface area contributed by atoms with Gasteiger partial charge in [0, 0.05) is 57.4 Å². The highest BCUT2D eigenvalue weighted by Gasteiger charge is 2.15. The SMILES string of the molecule is CCn1cc(CN2CCNCC2)c2cccc(CN)c21. The van der Waals surface area contributed by atoms with Crippen LogP contribution in [0.3, 0.4) is 0 Å². The number of para-hydroxylation sites is 1. The van der Waals surface area contributed by atoms with Crippen LogP contribution in [0.1, 0.15) is 18.1 Å². The predicted octanol–water partition coefficient (Wildman–Crippen LogP) is 1.53. The molecule has 4 nitrogen and oxygen atoms in total. The lowest BCUT2D eigenvalue weighted by atomic mass is 10.1. The largest absolute Gasteiger partial charge is 0.347 e. The highest BCUT2D eigenvalue weighted by atomic mass is 15.2. The van der Waals surface area contributed by atoms with Gasteiger partial charge in [-0.1, -0.05) is 18.2 Å². The summed E-state index contributed by atoms with van der Waals surface area (Å²) in [6.45, 7) is 9.30. The third kappa shape index (κ3) is 2.46. The molecule has 0 radical (unpaired) electrons. The van der Waals surface area contributed by atoms with Crippen molar-refractivity contribution in [3.8, 4) is 0 Å². The molecule has 3 rings (SSSR count). The molecule has 1 saturated heterocycles. The minimum absolute atomic E-state index is 0.606. The summed E-state index contributed by atoms with van der Waals surface area (Å²) in [6, 6.07) is 6.51. The summed E-state index contributed by atoms with van der Waals surface area (Å²) in [6.07, 6.45) is 2.31. The molecule has 1 fully saturated rings. The van der Waals surface area contributed by atoms with Gasteiger partial charge in [-0.25, -0.2) is 0 Å². The molecule has 3 N–H and O–H groups in total. The molecule has 0 spiro atoms. The minimum atomic E-state index is 0.606. The first-order valence-corrected chi connectivity index (χ1v) is 7.56. The van der Waals surface area contributed by atoms with Gasteiger partial charge in [-0.05, 0) is 18.1 Å². The molecule has 4 heteroatoms. The Hall–Kier alpha value is -1.36. The van der Waals surface area contributed by atoms with Gasteiger partial charge in [0.25, 0.3) is 0 Å². The van der Waals surface area contributed by atoms with Crippen molar-refractivity contribution in [2.24, 2.45) is 5.73 Å². The van der Waals surface area contributed by atoms with E-state index >= 15 is 0 Å². The number of rotatable bonds is 4. The molecule has 1 aromatic carbocycles. The molecule has 108 valence electrons. The van der Waals surface area contributed by atoms with Gasteiger partial charge in [-0.3, -0.25) is 4.90 Å². The summed E-state index contributed by atoms with van der Waals surface area (Å²) in [5, 5.41) is 4.78. The fourth-order valence-electron chi connectivity index (χ4n) is 3.16. The van der Waals surface area contributed by atoms with Crippen LogP contribution in [0.25, 0.3) is 10.9 Å². The Morgan fingerprint density at radius 2 is 2.00 bits per heavy atom. The van der Waals surface area contributed by atoms with Crippen LogP contribution >= 0.6 is 0 Å². The number of nitrogens with two attached hydrogens (primary N) is 1. The lowest BCUT2D eigenvalue weighted by Crippen LogP contribution is -2.42. The first kappa shape index (κ1) is 13.6. The highest BCUT2D eigenvalue weighted by Crippen LogP contribution is 2.26. The molecular weight excluding hydrogens is 248 g/mol. The van der Waals surface area contributed by atoms with Crippen molar-refractivity contribution in [3.63, 3.8) is 0 Å². The van der Waals surface area contributed by atoms with Crippen LogP contribution < -0.4 is 11.1 Å². The minimum Gasteiger partial charge on any atom is -0.347 e. The monoisotopic (exact) mass is 272 g/mol. The first-order valence-electron chi connectivity index (χ1n) is 7.56. The summed E-state index contributed by atoms with van der Waals surface area (Å²) >= 11 is 0. The van der Waals surface area contributed by atoms with Crippen molar-refractivity contribution >= 4 is 10.9 Å². The Bertz CT molecular complexity index is 581. The summed E-state index contributed by atoms with van der Waals surface area (Å²) in [4.78, 5) is 2.53. The normalized spacial score (nSPS) is 16.9. The number of hydrogen-bond acceptors (Lipinski definition) is 3. The number of aryl methyl sites for hydroxylation is 1. The topological polar surface area (TPSA) is 46.2 Å². The van der Waals surface area contributed by atoms with Gasteiger partial charge >= 0.3 is 0 Å². The molecule has 20 heavy (non-hydrogen) atoms. The fourth-order valence-corrected chi connectivity index (χ4v) is 3.16. The van der Waals surface area contributed by atoms with E-state index in [0.29, 0.717) is 6.54 Å².